The molecular formula is C17H23NO. The molecule has 0 radical (unpaired) electrons. The Bertz CT molecular complexity index is 523. The van der Waals surface area contributed by atoms with E-state index in [2.05, 4.69) is 61.6 Å². The van der Waals surface area contributed by atoms with Gasteiger partial charge in [0, 0.05) is 18.7 Å². The van der Waals surface area contributed by atoms with E-state index in [1.54, 1.807) is 0 Å². The predicted molar refractivity (Wildman–Crippen MR) is 81.3 cm³/mol. The van der Waals surface area contributed by atoms with E-state index in [0.29, 0.717) is 12.1 Å². The summed E-state index contributed by atoms with van der Waals surface area (Å²) in [5, 5.41) is 15.0. The van der Waals surface area contributed by atoms with Gasteiger partial charge < -0.3 is 10.4 Å². The highest BCUT2D eigenvalue weighted by Crippen LogP contribution is 2.20. The van der Waals surface area contributed by atoms with Gasteiger partial charge >= 0.3 is 0 Å². The minimum absolute atomic E-state index is 0.274. The zero-order valence-electron chi connectivity index (χ0n) is 11.8. The maximum absolute atomic E-state index is 8.86. The Morgan fingerprint density at radius 2 is 1.79 bits per heavy atom. The highest BCUT2D eigenvalue weighted by Gasteiger charge is 2.09. The maximum Gasteiger partial charge on any atom is 0.0431 e. The molecule has 0 spiro atoms. The van der Waals surface area contributed by atoms with Crippen LogP contribution in [0.4, 0.5) is 0 Å². The smallest absolute Gasteiger partial charge is 0.0431 e. The third-order valence-electron chi connectivity index (χ3n) is 3.60. The first-order valence-corrected chi connectivity index (χ1v) is 7.06. The maximum atomic E-state index is 8.86. The van der Waals surface area contributed by atoms with E-state index in [-0.39, 0.29) is 6.61 Å². The lowest BCUT2D eigenvalue weighted by Crippen LogP contribution is -2.29. The second-order valence-corrected chi connectivity index (χ2v) is 5.26. The van der Waals surface area contributed by atoms with Crippen molar-refractivity contribution in [3.8, 4) is 0 Å². The Morgan fingerprint density at radius 3 is 2.53 bits per heavy atom. The van der Waals surface area contributed by atoms with Crippen molar-refractivity contribution in [2.24, 2.45) is 0 Å². The van der Waals surface area contributed by atoms with Crippen LogP contribution in [0.25, 0.3) is 10.8 Å². The molecule has 102 valence electrons. The third kappa shape index (κ3) is 3.79. The molecule has 0 amide bonds. The Hall–Kier alpha value is -1.38. The lowest BCUT2D eigenvalue weighted by Gasteiger charge is -2.20. The molecule has 19 heavy (non-hydrogen) atoms. The Balaban J connectivity index is 2.06. The van der Waals surface area contributed by atoms with Crippen molar-refractivity contribution in [1.29, 1.82) is 0 Å². The van der Waals surface area contributed by atoms with Gasteiger partial charge in [-0.15, -0.1) is 0 Å². The fraction of sp³-hybridized carbons (Fsp3) is 0.412. The van der Waals surface area contributed by atoms with Crippen molar-refractivity contribution in [3.63, 3.8) is 0 Å². The first kappa shape index (κ1) is 14.0. The second-order valence-electron chi connectivity index (χ2n) is 5.26. The largest absolute Gasteiger partial charge is 0.396 e. The van der Waals surface area contributed by atoms with Crippen molar-refractivity contribution < 1.29 is 5.11 Å². The van der Waals surface area contributed by atoms with Gasteiger partial charge in [-0.2, -0.15) is 0 Å². The second kappa shape index (κ2) is 6.69. The van der Waals surface area contributed by atoms with E-state index >= 15 is 0 Å². The fourth-order valence-electron chi connectivity index (χ4n) is 2.48. The monoisotopic (exact) mass is 257 g/mol. The molecule has 0 bridgehead atoms. The number of aliphatic hydroxyl groups excluding tert-OH is 1. The molecule has 0 aliphatic heterocycles. The van der Waals surface area contributed by atoms with Gasteiger partial charge in [0.25, 0.3) is 0 Å². The molecule has 2 N–H and O–H groups in total. The van der Waals surface area contributed by atoms with Crippen LogP contribution >= 0.6 is 0 Å². The van der Waals surface area contributed by atoms with Gasteiger partial charge in [0.2, 0.25) is 0 Å². The van der Waals surface area contributed by atoms with Crippen LogP contribution in [0.2, 0.25) is 0 Å². The van der Waals surface area contributed by atoms with Gasteiger partial charge in [0.15, 0.2) is 0 Å². The molecule has 0 fully saturated rings. The summed E-state index contributed by atoms with van der Waals surface area (Å²) in [5.41, 5.74) is 1.31. The third-order valence-corrected chi connectivity index (χ3v) is 3.60. The molecule has 0 aliphatic carbocycles. The van der Waals surface area contributed by atoms with Crippen LogP contribution < -0.4 is 5.32 Å². The minimum Gasteiger partial charge on any atom is -0.396 e. The van der Waals surface area contributed by atoms with Crippen LogP contribution in [-0.4, -0.2) is 17.8 Å². The normalized spacial score (nSPS) is 14.5. The van der Waals surface area contributed by atoms with Crippen LogP contribution in [0.15, 0.2) is 42.5 Å². The predicted octanol–water partition coefficient (Wildman–Crippen LogP) is 3.65. The molecule has 0 aromatic heterocycles. The first-order chi connectivity index (χ1) is 9.20. The molecule has 0 saturated heterocycles. The fourth-order valence-corrected chi connectivity index (χ4v) is 2.48. The Labute approximate surface area is 115 Å². The molecule has 2 atom stereocenters. The molecule has 2 unspecified atom stereocenters. The van der Waals surface area contributed by atoms with Gasteiger partial charge in [-0.05, 0) is 49.1 Å². The number of benzene rings is 2. The minimum atomic E-state index is 0.274. The Morgan fingerprint density at radius 1 is 1.05 bits per heavy atom. The van der Waals surface area contributed by atoms with Crippen molar-refractivity contribution >= 4 is 10.8 Å². The van der Waals surface area contributed by atoms with E-state index in [0.717, 1.165) is 12.8 Å². The van der Waals surface area contributed by atoms with Crippen LogP contribution in [0, 0.1) is 0 Å². The van der Waals surface area contributed by atoms with Gasteiger partial charge in [0.1, 0.15) is 0 Å². The van der Waals surface area contributed by atoms with E-state index in [9.17, 15) is 0 Å². The summed E-state index contributed by atoms with van der Waals surface area (Å²) in [6, 6.07) is 15.8. The number of nitrogens with one attached hydrogen (secondary N) is 1. The summed E-state index contributed by atoms with van der Waals surface area (Å²) in [6.45, 7) is 4.64. The first-order valence-electron chi connectivity index (χ1n) is 7.06. The average molecular weight is 257 g/mol. The lowest BCUT2D eigenvalue weighted by atomic mass is 10.0. The summed E-state index contributed by atoms with van der Waals surface area (Å²) in [6.07, 6.45) is 1.87. The van der Waals surface area contributed by atoms with E-state index in [4.69, 9.17) is 5.11 Å². The molecule has 2 heteroatoms. The number of hydrogen-bond acceptors (Lipinski definition) is 2. The number of fused-ring (bicyclic) bond motifs is 1. The van der Waals surface area contributed by atoms with Crippen LogP contribution in [0.3, 0.4) is 0 Å². The van der Waals surface area contributed by atoms with Crippen molar-refractivity contribution in [2.45, 2.75) is 38.8 Å². The molecule has 0 aliphatic rings. The molecule has 2 aromatic carbocycles. The highest BCUT2D eigenvalue weighted by molar-refractivity contribution is 5.83. The summed E-state index contributed by atoms with van der Waals surface area (Å²) in [5.74, 6) is 0. The van der Waals surface area contributed by atoms with E-state index in [1.807, 2.05) is 0 Å². The summed E-state index contributed by atoms with van der Waals surface area (Å²) in [4.78, 5) is 0. The summed E-state index contributed by atoms with van der Waals surface area (Å²) >= 11 is 0. The molecule has 2 nitrogen and oxygen atoms in total. The highest BCUT2D eigenvalue weighted by atomic mass is 16.2. The number of rotatable bonds is 6. The SMILES string of the molecule is CC(CCCO)NC(C)c1ccc2ccccc2c1. The van der Waals surface area contributed by atoms with Gasteiger partial charge in [0.05, 0.1) is 0 Å². The molecule has 0 heterocycles. The van der Waals surface area contributed by atoms with Crippen LogP contribution in [-0.2, 0) is 0 Å². The lowest BCUT2D eigenvalue weighted by molar-refractivity contribution is 0.274. The topological polar surface area (TPSA) is 32.3 Å². The van der Waals surface area contributed by atoms with Crippen molar-refractivity contribution in [2.75, 3.05) is 6.61 Å². The van der Waals surface area contributed by atoms with E-state index < -0.39 is 0 Å². The molecule has 0 saturated carbocycles. The van der Waals surface area contributed by atoms with Gasteiger partial charge in [-0.3, -0.25) is 0 Å². The Kier molecular flexibility index (Phi) is 4.94. The van der Waals surface area contributed by atoms with Crippen molar-refractivity contribution in [1.82, 2.24) is 5.32 Å². The van der Waals surface area contributed by atoms with Crippen LogP contribution in [0.5, 0.6) is 0 Å². The number of aliphatic hydroxyl groups is 1. The zero-order chi connectivity index (χ0) is 13.7. The van der Waals surface area contributed by atoms with Gasteiger partial charge in [-0.1, -0.05) is 36.4 Å². The quantitative estimate of drug-likeness (QED) is 0.828. The van der Waals surface area contributed by atoms with E-state index in [1.165, 1.54) is 16.3 Å². The molecule has 2 aromatic rings. The van der Waals surface area contributed by atoms with Crippen LogP contribution in [0.1, 0.15) is 38.3 Å². The standard InChI is InChI=1S/C17H23NO/c1-13(6-5-11-19)18-14(2)16-10-9-15-7-3-4-8-17(15)12-16/h3-4,7-10,12-14,18-19H,5-6,11H2,1-2H3. The zero-order valence-corrected chi connectivity index (χ0v) is 11.8. The molecule has 2 rings (SSSR count). The molecular weight excluding hydrogens is 234 g/mol. The summed E-state index contributed by atoms with van der Waals surface area (Å²) in [7, 11) is 0. The average Bonchev–Trinajstić information content (AvgIpc) is 2.44. The van der Waals surface area contributed by atoms with Crippen molar-refractivity contribution in [3.05, 3.63) is 48.0 Å². The van der Waals surface area contributed by atoms with Gasteiger partial charge in [-0.25, -0.2) is 0 Å². The number of hydrogen-bond donors (Lipinski definition) is 2. The summed E-state index contributed by atoms with van der Waals surface area (Å²) < 4.78 is 0.